The van der Waals surface area contributed by atoms with Crippen molar-refractivity contribution < 1.29 is 9.53 Å². The Bertz CT molecular complexity index is 930. The van der Waals surface area contributed by atoms with Crippen LogP contribution >= 0.6 is 0 Å². The zero-order valence-corrected chi connectivity index (χ0v) is 15.8. The molecule has 1 aliphatic rings. The van der Waals surface area contributed by atoms with E-state index in [2.05, 4.69) is 29.2 Å². The predicted octanol–water partition coefficient (Wildman–Crippen LogP) is 4.34. The maximum atomic E-state index is 13.2. The van der Waals surface area contributed by atoms with Gasteiger partial charge in [-0.1, -0.05) is 30.3 Å². The second-order valence-electron chi connectivity index (χ2n) is 7.25. The van der Waals surface area contributed by atoms with Crippen LogP contribution in [0.25, 0.3) is 10.9 Å². The molecule has 1 aromatic heterocycles. The minimum atomic E-state index is 0.0589. The molecule has 1 heterocycles. The largest absolute Gasteiger partial charge is 0.383 e. The Kier molecular flexibility index (Phi) is 5.26. The molecule has 0 radical (unpaired) electrons. The van der Waals surface area contributed by atoms with E-state index in [4.69, 9.17) is 4.74 Å². The predicted molar refractivity (Wildman–Crippen MR) is 108 cm³/mol. The van der Waals surface area contributed by atoms with Gasteiger partial charge in [0.15, 0.2) is 0 Å². The van der Waals surface area contributed by atoms with Crippen molar-refractivity contribution >= 4 is 16.8 Å². The summed E-state index contributed by atoms with van der Waals surface area (Å²) >= 11 is 0. The molecule has 0 unspecified atom stereocenters. The minimum Gasteiger partial charge on any atom is -0.383 e. The van der Waals surface area contributed by atoms with Crippen LogP contribution in [0.4, 0.5) is 0 Å². The van der Waals surface area contributed by atoms with Crippen molar-refractivity contribution in [3.8, 4) is 0 Å². The molecule has 0 saturated carbocycles. The Balaban J connectivity index is 1.63. The molecule has 4 nitrogen and oxygen atoms in total. The molecular formula is C23H26N2O2. The summed E-state index contributed by atoms with van der Waals surface area (Å²) in [6.45, 7) is 1.69. The van der Waals surface area contributed by atoms with Crippen LogP contribution in [-0.4, -0.2) is 36.1 Å². The summed E-state index contributed by atoms with van der Waals surface area (Å²) in [5.74, 6) is 0.0589. The molecule has 27 heavy (non-hydrogen) atoms. The van der Waals surface area contributed by atoms with E-state index in [-0.39, 0.29) is 5.91 Å². The molecule has 1 N–H and O–H groups in total. The van der Waals surface area contributed by atoms with Gasteiger partial charge in [-0.05, 0) is 55.0 Å². The quantitative estimate of drug-likeness (QED) is 0.709. The number of methoxy groups -OCH3 is 1. The summed E-state index contributed by atoms with van der Waals surface area (Å²) in [5, 5.41) is 1.21. The van der Waals surface area contributed by atoms with E-state index in [1.54, 1.807) is 7.11 Å². The number of aromatic nitrogens is 1. The Labute approximate surface area is 160 Å². The number of nitrogens with zero attached hydrogens (tertiary/aromatic N) is 1. The minimum absolute atomic E-state index is 0.0589. The van der Waals surface area contributed by atoms with Gasteiger partial charge in [0.25, 0.3) is 5.91 Å². The van der Waals surface area contributed by atoms with Crippen molar-refractivity contribution in [3.05, 3.63) is 70.9 Å². The molecule has 0 fully saturated rings. The van der Waals surface area contributed by atoms with Gasteiger partial charge in [-0.3, -0.25) is 4.79 Å². The van der Waals surface area contributed by atoms with Gasteiger partial charge in [-0.25, -0.2) is 0 Å². The second kappa shape index (κ2) is 7.97. The normalized spacial score (nSPS) is 13.5. The van der Waals surface area contributed by atoms with Crippen LogP contribution in [-0.2, 0) is 24.1 Å². The van der Waals surface area contributed by atoms with Crippen LogP contribution in [0, 0.1) is 0 Å². The van der Waals surface area contributed by atoms with Crippen LogP contribution in [0.1, 0.15) is 40.0 Å². The number of benzene rings is 2. The standard InChI is InChI=1S/C23H26N2O2/c1-27-14-13-25(16-17-7-3-2-4-8-17)23(26)18-11-12-22-20(15-18)19-9-5-6-10-21(19)24-22/h2-4,7-8,11-12,15,24H,5-6,9-10,13-14,16H2,1H3. The summed E-state index contributed by atoms with van der Waals surface area (Å²) in [6.07, 6.45) is 4.69. The smallest absolute Gasteiger partial charge is 0.254 e. The zero-order valence-electron chi connectivity index (χ0n) is 15.8. The molecule has 2 aromatic carbocycles. The zero-order chi connectivity index (χ0) is 18.6. The van der Waals surface area contributed by atoms with Gasteiger partial charge in [-0.15, -0.1) is 0 Å². The van der Waals surface area contributed by atoms with E-state index >= 15 is 0 Å². The van der Waals surface area contributed by atoms with E-state index < -0.39 is 0 Å². The summed E-state index contributed by atoms with van der Waals surface area (Å²) in [6, 6.07) is 16.2. The van der Waals surface area contributed by atoms with Gasteiger partial charge in [0.1, 0.15) is 0 Å². The monoisotopic (exact) mass is 362 g/mol. The van der Waals surface area contributed by atoms with Gasteiger partial charge in [0, 0.05) is 42.4 Å². The number of H-pyrrole nitrogens is 1. The van der Waals surface area contributed by atoms with Crippen LogP contribution in [0.3, 0.4) is 0 Å². The van der Waals surface area contributed by atoms with Gasteiger partial charge < -0.3 is 14.6 Å². The maximum Gasteiger partial charge on any atom is 0.254 e. The fourth-order valence-corrected chi connectivity index (χ4v) is 3.98. The first-order valence-electron chi connectivity index (χ1n) is 9.72. The highest BCUT2D eigenvalue weighted by atomic mass is 16.5. The number of nitrogens with one attached hydrogen (secondary N) is 1. The summed E-state index contributed by atoms with van der Waals surface area (Å²) < 4.78 is 5.23. The number of hydrogen-bond donors (Lipinski definition) is 1. The van der Waals surface area contributed by atoms with Gasteiger partial charge >= 0.3 is 0 Å². The molecule has 0 aliphatic heterocycles. The summed E-state index contributed by atoms with van der Waals surface area (Å²) in [5.41, 5.74) is 5.77. The highest BCUT2D eigenvalue weighted by molar-refractivity contribution is 5.99. The van der Waals surface area contributed by atoms with E-state index in [0.717, 1.165) is 29.5 Å². The lowest BCUT2D eigenvalue weighted by Gasteiger charge is -2.23. The lowest BCUT2D eigenvalue weighted by Crippen LogP contribution is -2.33. The average Bonchev–Trinajstić information content (AvgIpc) is 3.09. The number of carbonyl (C=O) groups is 1. The third-order valence-corrected chi connectivity index (χ3v) is 5.41. The molecule has 4 rings (SSSR count). The Morgan fingerprint density at radius 3 is 2.74 bits per heavy atom. The molecule has 4 heteroatoms. The first-order chi connectivity index (χ1) is 13.3. The number of hydrogen-bond acceptors (Lipinski definition) is 2. The molecule has 0 spiro atoms. The van der Waals surface area contributed by atoms with Crippen molar-refractivity contribution in [2.75, 3.05) is 20.3 Å². The first-order valence-corrected chi connectivity index (χ1v) is 9.72. The molecule has 0 atom stereocenters. The van der Waals surface area contributed by atoms with E-state index in [0.29, 0.717) is 19.7 Å². The topological polar surface area (TPSA) is 45.3 Å². The number of amides is 1. The average molecular weight is 362 g/mol. The Hall–Kier alpha value is -2.59. The number of carbonyl (C=O) groups excluding carboxylic acids is 1. The summed E-state index contributed by atoms with van der Waals surface area (Å²) in [4.78, 5) is 18.7. The van der Waals surface area contributed by atoms with Crippen molar-refractivity contribution in [2.45, 2.75) is 32.2 Å². The third kappa shape index (κ3) is 3.76. The maximum absolute atomic E-state index is 13.2. The second-order valence-corrected chi connectivity index (χ2v) is 7.25. The number of aromatic amines is 1. The van der Waals surface area contributed by atoms with Crippen LogP contribution < -0.4 is 0 Å². The number of ether oxygens (including phenoxy) is 1. The molecule has 140 valence electrons. The molecule has 1 aliphatic carbocycles. The molecular weight excluding hydrogens is 336 g/mol. The molecule has 0 bridgehead atoms. The Morgan fingerprint density at radius 2 is 1.93 bits per heavy atom. The van der Waals surface area contributed by atoms with Crippen LogP contribution in [0.15, 0.2) is 48.5 Å². The lowest BCUT2D eigenvalue weighted by molar-refractivity contribution is 0.0680. The van der Waals surface area contributed by atoms with Crippen LogP contribution in [0.5, 0.6) is 0 Å². The Morgan fingerprint density at radius 1 is 1.11 bits per heavy atom. The van der Waals surface area contributed by atoms with Crippen molar-refractivity contribution in [2.24, 2.45) is 0 Å². The van der Waals surface area contributed by atoms with Crippen molar-refractivity contribution in [1.29, 1.82) is 0 Å². The highest BCUT2D eigenvalue weighted by Crippen LogP contribution is 2.30. The fraction of sp³-hybridized carbons (Fsp3) is 0.348. The molecule has 0 saturated heterocycles. The lowest BCUT2D eigenvalue weighted by atomic mass is 9.95. The van der Waals surface area contributed by atoms with Crippen LogP contribution in [0.2, 0.25) is 0 Å². The number of rotatable bonds is 6. The molecule has 3 aromatic rings. The number of aryl methyl sites for hydroxylation is 2. The third-order valence-electron chi connectivity index (χ3n) is 5.41. The van der Waals surface area contributed by atoms with E-state index in [9.17, 15) is 4.79 Å². The first kappa shape index (κ1) is 17.8. The van der Waals surface area contributed by atoms with E-state index in [1.165, 1.54) is 29.5 Å². The SMILES string of the molecule is COCCN(Cc1ccccc1)C(=O)c1ccc2[nH]c3c(c2c1)CCCC3. The van der Waals surface area contributed by atoms with Crippen molar-refractivity contribution in [1.82, 2.24) is 9.88 Å². The highest BCUT2D eigenvalue weighted by Gasteiger charge is 2.20. The van der Waals surface area contributed by atoms with Gasteiger partial charge in [0.2, 0.25) is 0 Å². The number of fused-ring (bicyclic) bond motifs is 3. The fourth-order valence-electron chi connectivity index (χ4n) is 3.98. The van der Waals surface area contributed by atoms with Crippen molar-refractivity contribution in [3.63, 3.8) is 0 Å². The van der Waals surface area contributed by atoms with E-state index in [1.807, 2.05) is 29.2 Å². The van der Waals surface area contributed by atoms with Gasteiger partial charge in [-0.2, -0.15) is 0 Å². The van der Waals surface area contributed by atoms with Gasteiger partial charge in [0.05, 0.1) is 6.61 Å². The summed E-state index contributed by atoms with van der Waals surface area (Å²) in [7, 11) is 1.67. The molecule has 1 amide bonds.